The van der Waals surface area contributed by atoms with E-state index in [1.165, 1.54) is 11.6 Å². The van der Waals surface area contributed by atoms with Crippen LogP contribution in [-0.2, 0) is 6.42 Å². The van der Waals surface area contributed by atoms with Crippen LogP contribution in [0, 0.1) is 5.82 Å². The first-order valence-corrected chi connectivity index (χ1v) is 7.19. The van der Waals surface area contributed by atoms with Crippen molar-refractivity contribution in [3.05, 3.63) is 58.1 Å². The molecular weight excluding hydrogens is 307 g/mol. The highest BCUT2D eigenvalue weighted by atomic mass is 79.9. The maximum atomic E-state index is 13.8. The van der Waals surface area contributed by atoms with Gasteiger partial charge in [0.05, 0.1) is 17.4 Å². The van der Waals surface area contributed by atoms with Crippen molar-refractivity contribution in [3.63, 3.8) is 0 Å². The molecule has 98 valence electrons. The monoisotopic (exact) mass is 320 g/mol. The summed E-state index contributed by atoms with van der Waals surface area (Å²) in [5.41, 5.74) is 2.84. The molecule has 0 amide bonds. The van der Waals surface area contributed by atoms with Gasteiger partial charge in [-0.2, -0.15) is 0 Å². The number of pyridine rings is 1. The molecule has 19 heavy (non-hydrogen) atoms. The van der Waals surface area contributed by atoms with E-state index < -0.39 is 0 Å². The third-order valence-corrected chi connectivity index (χ3v) is 3.95. The highest BCUT2D eigenvalue weighted by Crippen LogP contribution is 2.32. The molecule has 0 radical (unpaired) electrons. The van der Waals surface area contributed by atoms with E-state index in [0.717, 1.165) is 29.4 Å². The predicted octanol–water partition coefficient (Wildman–Crippen LogP) is 4.47. The predicted molar refractivity (Wildman–Crippen MR) is 77.6 cm³/mol. The third-order valence-electron chi connectivity index (χ3n) is 3.45. The summed E-state index contributed by atoms with van der Waals surface area (Å²) in [6.45, 7) is 0. The fraction of sp³-hybridized carbons (Fsp3) is 0.267. The molecule has 0 bridgehead atoms. The molecule has 0 aliphatic heterocycles. The molecule has 1 aromatic heterocycles. The van der Waals surface area contributed by atoms with Crippen molar-refractivity contribution < 1.29 is 4.39 Å². The quantitative estimate of drug-likeness (QED) is 0.882. The van der Waals surface area contributed by atoms with E-state index in [9.17, 15) is 4.39 Å². The van der Waals surface area contributed by atoms with Gasteiger partial charge in [-0.3, -0.25) is 4.98 Å². The average Bonchev–Trinajstić information content (AvgIpc) is 2.43. The van der Waals surface area contributed by atoms with Gasteiger partial charge in [0.25, 0.3) is 0 Å². The molecule has 1 N–H and O–H groups in total. The van der Waals surface area contributed by atoms with Gasteiger partial charge in [-0.25, -0.2) is 4.39 Å². The second-order valence-corrected chi connectivity index (χ2v) is 5.68. The van der Waals surface area contributed by atoms with Gasteiger partial charge in [0.15, 0.2) is 0 Å². The number of anilines is 1. The van der Waals surface area contributed by atoms with Gasteiger partial charge < -0.3 is 5.32 Å². The highest BCUT2D eigenvalue weighted by Gasteiger charge is 2.21. The number of hydrogen-bond acceptors (Lipinski definition) is 2. The smallest absolute Gasteiger partial charge is 0.146 e. The van der Waals surface area contributed by atoms with Crippen LogP contribution in [0.3, 0.4) is 0 Å². The lowest BCUT2D eigenvalue weighted by Gasteiger charge is -2.26. The summed E-state index contributed by atoms with van der Waals surface area (Å²) in [5.74, 6) is -0.230. The molecule has 2 aromatic rings. The Labute approximate surface area is 120 Å². The molecule has 4 heteroatoms. The maximum absolute atomic E-state index is 13.8. The van der Waals surface area contributed by atoms with Crippen LogP contribution in [0.15, 0.2) is 41.0 Å². The fourth-order valence-corrected chi connectivity index (χ4v) is 2.91. The fourth-order valence-electron chi connectivity index (χ4n) is 2.55. The van der Waals surface area contributed by atoms with Crippen molar-refractivity contribution in [1.29, 1.82) is 0 Å². The van der Waals surface area contributed by atoms with Crippen molar-refractivity contribution in [3.8, 4) is 0 Å². The summed E-state index contributed by atoms with van der Waals surface area (Å²) < 4.78 is 14.7. The van der Waals surface area contributed by atoms with Crippen LogP contribution in [0.2, 0.25) is 0 Å². The Kier molecular flexibility index (Phi) is 3.51. The van der Waals surface area contributed by atoms with Crippen molar-refractivity contribution in [1.82, 2.24) is 4.98 Å². The Morgan fingerprint density at radius 2 is 2.21 bits per heavy atom. The zero-order valence-corrected chi connectivity index (χ0v) is 12.0. The average molecular weight is 321 g/mol. The number of aromatic nitrogens is 1. The maximum Gasteiger partial charge on any atom is 0.146 e. The summed E-state index contributed by atoms with van der Waals surface area (Å²) in [6, 6.07) is 9.09. The molecule has 0 saturated heterocycles. The van der Waals surface area contributed by atoms with E-state index in [1.807, 2.05) is 6.07 Å². The molecular formula is C15H14BrFN2. The number of hydrogen-bond donors (Lipinski definition) is 1. The summed E-state index contributed by atoms with van der Waals surface area (Å²) in [6.07, 6.45) is 4.94. The lowest BCUT2D eigenvalue weighted by molar-refractivity contribution is 0.573. The normalized spacial score (nSPS) is 17.9. The van der Waals surface area contributed by atoms with Crippen LogP contribution < -0.4 is 5.32 Å². The zero-order chi connectivity index (χ0) is 13.2. The van der Waals surface area contributed by atoms with E-state index in [0.29, 0.717) is 5.69 Å². The molecule has 0 saturated carbocycles. The summed E-state index contributed by atoms with van der Waals surface area (Å²) >= 11 is 3.37. The van der Waals surface area contributed by atoms with Crippen LogP contribution in [0.4, 0.5) is 10.1 Å². The zero-order valence-electron chi connectivity index (χ0n) is 10.4. The van der Waals surface area contributed by atoms with Gasteiger partial charge in [0, 0.05) is 10.7 Å². The second kappa shape index (κ2) is 5.29. The van der Waals surface area contributed by atoms with Crippen LogP contribution in [0.1, 0.15) is 30.1 Å². The van der Waals surface area contributed by atoms with Crippen molar-refractivity contribution in [2.75, 3.05) is 5.32 Å². The Morgan fingerprint density at radius 1 is 1.32 bits per heavy atom. The van der Waals surface area contributed by atoms with Crippen LogP contribution >= 0.6 is 15.9 Å². The Bertz CT molecular complexity index is 600. The minimum absolute atomic E-state index is 0.0914. The number of nitrogens with one attached hydrogen (secondary N) is 1. The third kappa shape index (κ3) is 2.63. The minimum atomic E-state index is -0.230. The largest absolute Gasteiger partial charge is 0.374 e. The highest BCUT2D eigenvalue weighted by molar-refractivity contribution is 9.10. The molecule has 1 heterocycles. The van der Waals surface area contributed by atoms with E-state index in [-0.39, 0.29) is 11.9 Å². The number of nitrogens with zero attached hydrogens (tertiary/aromatic N) is 1. The second-order valence-electron chi connectivity index (χ2n) is 4.76. The molecule has 1 aromatic carbocycles. The molecule has 0 spiro atoms. The first-order valence-electron chi connectivity index (χ1n) is 6.39. The van der Waals surface area contributed by atoms with E-state index in [2.05, 4.69) is 32.3 Å². The lowest BCUT2D eigenvalue weighted by Crippen LogP contribution is -2.19. The number of benzene rings is 1. The Morgan fingerprint density at radius 3 is 3.11 bits per heavy atom. The molecule has 2 nitrogen and oxygen atoms in total. The lowest BCUT2D eigenvalue weighted by atomic mass is 9.92. The first-order chi connectivity index (χ1) is 9.24. The molecule has 1 unspecified atom stereocenters. The van der Waals surface area contributed by atoms with Gasteiger partial charge in [0.2, 0.25) is 0 Å². The Hall–Kier alpha value is -1.42. The van der Waals surface area contributed by atoms with Crippen molar-refractivity contribution in [2.24, 2.45) is 0 Å². The number of rotatable bonds is 2. The molecule has 0 fully saturated rings. The van der Waals surface area contributed by atoms with Crippen LogP contribution in [0.25, 0.3) is 0 Å². The van der Waals surface area contributed by atoms with Gasteiger partial charge in [-0.15, -0.1) is 0 Å². The van der Waals surface area contributed by atoms with E-state index in [1.54, 1.807) is 18.3 Å². The summed E-state index contributed by atoms with van der Waals surface area (Å²) in [5, 5.41) is 3.28. The number of halogens is 2. The van der Waals surface area contributed by atoms with Gasteiger partial charge in [0.1, 0.15) is 5.82 Å². The first kappa shape index (κ1) is 12.6. The molecule has 3 rings (SSSR count). The van der Waals surface area contributed by atoms with Gasteiger partial charge >= 0.3 is 0 Å². The summed E-state index contributed by atoms with van der Waals surface area (Å²) in [4.78, 5) is 4.45. The number of fused-ring (bicyclic) bond motifs is 1. The van der Waals surface area contributed by atoms with Gasteiger partial charge in [-0.05, 0) is 49.1 Å². The standard InChI is InChI=1S/C15H14BrFN2/c16-11-6-7-12(17)14(9-11)19-13-5-1-3-10-4-2-8-18-15(10)13/h2,4,6-9,13,19H,1,3,5H2. The Balaban J connectivity index is 1.90. The van der Waals surface area contributed by atoms with Crippen molar-refractivity contribution >= 4 is 21.6 Å². The van der Waals surface area contributed by atoms with Gasteiger partial charge in [-0.1, -0.05) is 22.0 Å². The van der Waals surface area contributed by atoms with Crippen molar-refractivity contribution in [2.45, 2.75) is 25.3 Å². The molecule has 1 aliphatic carbocycles. The summed E-state index contributed by atoms with van der Waals surface area (Å²) in [7, 11) is 0. The molecule has 1 atom stereocenters. The SMILES string of the molecule is Fc1ccc(Br)cc1NC1CCCc2cccnc21. The molecule has 1 aliphatic rings. The van der Waals surface area contributed by atoms with E-state index >= 15 is 0 Å². The number of aryl methyl sites for hydroxylation is 1. The van der Waals surface area contributed by atoms with Crippen LogP contribution in [-0.4, -0.2) is 4.98 Å². The van der Waals surface area contributed by atoms with E-state index in [4.69, 9.17) is 0 Å². The minimum Gasteiger partial charge on any atom is -0.374 e. The van der Waals surface area contributed by atoms with Crippen LogP contribution in [0.5, 0.6) is 0 Å². The topological polar surface area (TPSA) is 24.9 Å².